The quantitative estimate of drug-likeness (QED) is 0.401. The second-order valence-electron chi connectivity index (χ2n) is 9.77. The molecule has 39 heavy (non-hydrogen) atoms. The molecule has 0 saturated carbocycles. The maximum atomic E-state index is 13.5. The number of carbonyl (C=O) groups excluding carboxylic acids is 2. The average molecular weight is 566 g/mol. The number of hydrogen-bond acceptors (Lipinski definition) is 6. The van der Waals surface area contributed by atoms with Gasteiger partial charge < -0.3 is 9.64 Å². The Morgan fingerprint density at radius 1 is 1.05 bits per heavy atom. The molecule has 0 unspecified atom stereocenters. The van der Waals surface area contributed by atoms with Crippen LogP contribution in [0.5, 0.6) is 0 Å². The van der Waals surface area contributed by atoms with Crippen molar-refractivity contribution in [3.63, 3.8) is 0 Å². The number of halogens is 3. The summed E-state index contributed by atoms with van der Waals surface area (Å²) in [6.45, 7) is 4.79. The molecule has 1 fully saturated rings. The van der Waals surface area contributed by atoms with Crippen molar-refractivity contribution in [2.75, 3.05) is 13.1 Å². The summed E-state index contributed by atoms with van der Waals surface area (Å²) >= 11 is 0.874. The first-order valence-corrected chi connectivity index (χ1v) is 13.5. The van der Waals surface area contributed by atoms with Crippen molar-refractivity contribution in [2.24, 2.45) is 0 Å². The molecule has 1 aliphatic heterocycles. The van der Waals surface area contributed by atoms with E-state index < -0.39 is 36.4 Å². The number of ether oxygens (including phenoxy) is 1. The van der Waals surface area contributed by atoms with Crippen LogP contribution in [0.15, 0.2) is 33.9 Å². The van der Waals surface area contributed by atoms with E-state index >= 15 is 0 Å². The van der Waals surface area contributed by atoms with Crippen LogP contribution >= 0.6 is 11.3 Å². The van der Waals surface area contributed by atoms with Gasteiger partial charge in [0.25, 0.3) is 11.5 Å². The third-order valence-electron chi connectivity index (χ3n) is 7.04. The van der Waals surface area contributed by atoms with Crippen molar-refractivity contribution in [2.45, 2.75) is 71.8 Å². The molecule has 1 aliphatic rings. The third-order valence-corrected chi connectivity index (χ3v) is 8.34. The summed E-state index contributed by atoms with van der Waals surface area (Å²) in [5.74, 6) is -0.758. The van der Waals surface area contributed by atoms with Crippen LogP contribution in [0.25, 0.3) is 10.2 Å². The minimum absolute atomic E-state index is 0.00724. The van der Waals surface area contributed by atoms with Gasteiger partial charge in [-0.1, -0.05) is 24.3 Å². The number of aromatic nitrogens is 2. The average Bonchev–Trinajstić information content (AvgIpc) is 3.20. The second kappa shape index (κ2) is 11.4. The van der Waals surface area contributed by atoms with Crippen molar-refractivity contribution in [1.29, 1.82) is 0 Å². The van der Waals surface area contributed by atoms with E-state index in [2.05, 4.69) is 0 Å². The summed E-state index contributed by atoms with van der Waals surface area (Å²) in [5, 5.41) is 0.0877. The lowest BCUT2D eigenvalue weighted by atomic mass is 10.1. The molecular weight excluding hydrogens is 535 g/mol. The smallest absolute Gasteiger partial charge is 0.390 e. The van der Waals surface area contributed by atoms with E-state index in [-0.39, 0.29) is 33.6 Å². The number of fused-ring (bicyclic) bond motifs is 1. The minimum Gasteiger partial charge on any atom is -0.462 e. The Hall–Kier alpha value is -3.41. The van der Waals surface area contributed by atoms with Crippen LogP contribution in [-0.2, 0) is 29.0 Å². The molecule has 1 saturated heterocycles. The number of rotatable bonds is 7. The fourth-order valence-corrected chi connectivity index (χ4v) is 6.20. The topological polar surface area (TPSA) is 90.6 Å². The van der Waals surface area contributed by atoms with Gasteiger partial charge in [0.05, 0.1) is 16.7 Å². The van der Waals surface area contributed by atoms with Crippen LogP contribution in [0.1, 0.15) is 52.5 Å². The molecule has 1 amide bonds. The number of likely N-dealkylation sites (tertiary alicyclic amines) is 1. The van der Waals surface area contributed by atoms with E-state index in [1.54, 1.807) is 11.8 Å². The van der Waals surface area contributed by atoms with Crippen LogP contribution in [-0.4, -0.2) is 51.3 Å². The zero-order valence-corrected chi connectivity index (χ0v) is 22.8. The molecule has 0 aliphatic carbocycles. The molecule has 0 bridgehead atoms. The van der Waals surface area contributed by atoms with Gasteiger partial charge in [0, 0.05) is 45.9 Å². The number of alkyl halides is 3. The molecule has 210 valence electrons. The number of amides is 1. The fourth-order valence-electron chi connectivity index (χ4n) is 4.91. The zero-order valence-electron chi connectivity index (χ0n) is 22.0. The predicted molar refractivity (Wildman–Crippen MR) is 141 cm³/mol. The Morgan fingerprint density at radius 3 is 2.33 bits per heavy atom. The highest BCUT2D eigenvalue weighted by Gasteiger charge is 2.31. The number of esters is 1. The number of aryl methyl sites for hydroxylation is 4. The van der Waals surface area contributed by atoms with Gasteiger partial charge in [-0.25, -0.2) is 4.79 Å². The summed E-state index contributed by atoms with van der Waals surface area (Å²) in [6, 6.07) is 7.48. The standard InChI is InChI=1S/C27H30F3N3O5S/c1-16-6-4-5-7-19(16)8-14-32-23(35)21-17(2)22(24(36)31-12-9-20(10-13-31)38-18(3)34)39-25(21)33(26(32)37)15-11-27(28,29)30/h4-7,20H,8-15H2,1-3H3. The molecule has 1 aromatic carbocycles. The Bertz CT molecular complexity index is 1510. The first-order chi connectivity index (χ1) is 18.4. The summed E-state index contributed by atoms with van der Waals surface area (Å²) < 4.78 is 46.7. The van der Waals surface area contributed by atoms with Gasteiger partial charge in [-0.15, -0.1) is 11.3 Å². The van der Waals surface area contributed by atoms with Crippen molar-refractivity contribution < 1.29 is 27.5 Å². The summed E-state index contributed by atoms with van der Waals surface area (Å²) in [7, 11) is 0. The molecule has 0 radical (unpaired) electrons. The molecular formula is C27H30F3N3O5S. The summed E-state index contributed by atoms with van der Waals surface area (Å²) in [6.07, 6.45) is -4.79. The molecule has 0 spiro atoms. The monoisotopic (exact) mass is 565 g/mol. The largest absolute Gasteiger partial charge is 0.462 e. The van der Waals surface area contributed by atoms with E-state index in [9.17, 15) is 32.3 Å². The highest BCUT2D eigenvalue weighted by molar-refractivity contribution is 7.20. The molecule has 12 heteroatoms. The Labute approximate surface area is 226 Å². The summed E-state index contributed by atoms with van der Waals surface area (Å²) in [5.41, 5.74) is 0.792. The zero-order chi connectivity index (χ0) is 28.5. The van der Waals surface area contributed by atoms with E-state index in [1.165, 1.54) is 6.92 Å². The van der Waals surface area contributed by atoms with E-state index in [1.807, 2.05) is 31.2 Å². The maximum Gasteiger partial charge on any atom is 0.390 e. The van der Waals surface area contributed by atoms with Crippen LogP contribution in [0.2, 0.25) is 0 Å². The first-order valence-electron chi connectivity index (χ1n) is 12.7. The fraction of sp³-hybridized carbons (Fsp3) is 0.481. The van der Waals surface area contributed by atoms with Crippen LogP contribution in [0, 0.1) is 13.8 Å². The number of benzene rings is 1. The van der Waals surface area contributed by atoms with Crippen LogP contribution < -0.4 is 11.2 Å². The Balaban J connectivity index is 1.73. The number of thiophene rings is 1. The van der Waals surface area contributed by atoms with Gasteiger partial charge in [0.15, 0.2) is 0 Å². The van der Waals surface area contributed by atoms with Gasteiger partial charge in [-0.3, -0.25) is 23.5 Å². The van der Waals surface area contributed by atoms with Gasteiger partial charge in [0.2, 0.25) is 0 Å². The first kappa shape index (κ1) is 28.6. The number of hydrogen-bond donors (Lipinski definition) is 0. The number of nitrogens with zero attached hydrogens (tertiary/aromatic N) is 3. The van der Waals surface area contributed by atoms with Crippen LogP contribution in [0.4, 0.5) is 13.2 Å². The van der Waals surface area contributed by atoms with Gasteiger partial charge in [0.1, 0.15) is 10.9 Å². The highest BCUT2D eigenvalue weighted by atomic mass is 32.1. The molecule has 2 aromatic heterocycles. The van der Waals surface area contributed by atoms with Gasteiger partial charge in [-0.05, 0) is 37.0 Å². The van der Waals surface area contributed by atoms with Crippen molar-refractivity contribution >= 4 is 33.4 Å². The Morgan fingerprint density at radius 2 is 1.72 bits per heavy atom. The lowest BCUT2D eigenvalue weighted by Gasteiger charge is -2.31. The SMILES string of the molecule is CC(=O)OC1CCN(C(=O)c2sc3c(c2C)c(=O)n(CCc2ccccc2C)c(=O)n3CCC(F)(F)F)CC1. The highest BCUT2D eigenvalue weighted by Crippen LogP contribution is 2.31. The van der Waals surface area contributed by atoms with E-state index in [0.29, 0.717) is 37.9 Å². The van der Waals surface area contributed by atoms with Crippen molar-refractivity contribution in [1.82, 2.24) is 14.0 Å². The van der Waals surface area contributed by atoms with E-state index in [0.717, 1.165) is 31.6 Å². The van der Waals surface area contributed by atoms with Gasteiger partial charge in [-0.2, -0.15) is 13.2 Å². The third kappa shape index (κ3) is 6.26. The lowest BCUT2D eigenvalue weighted by Crippen LogP contribution is -2.41. The van der Waals surface area contributed by atoms with Crippen molar-refractivity contribution in [3.05, 3.63) is 66.7 Å². The Kier molecular flexibility index (Phi) is 8.34. The number of piperidine rings is 1. The molecule has 4 rings (SSSR count). The minimum atomic E-state index is -4.51. The predicted octanol–water partition coefficient (Wildman–Crippen LogP) is 4.20. The molecule has 3 aromatic rings. The van der Waals surface area contributed by atoms with Crippen LogP contribution in [0.3, 0.4) is 0 Å². The van der Waals surface area contributed by atoms with Crippen molar-refractivity contribution in [3.8, 4) is 0 Å². The maximum absolute atomic E-state index is 13.5. The molecule has 3 heterocycles. The molecule has 0 atom stereocenters. The number of carbonyl (C=O) groups is 2. The molecule has 8 nitrogen and oxygen atoms in total. The summed E-state index contributed by atoms with van der Waals surface area (Å²) in [4.78, 5) is 53.4. The second-order valence-corrected chi connectivity index (χ2v) is 10.8. The molecule has 0 N–H and O–H groups in total. The van der Waals surface area contributed by atoms with Gasteiger partial charge >= 0.3 is 17.8 Å². The van der Waals surface area contributed by atoms with E-state index in [4.69, 9.17) is 4.74 Å². The lowest BCUT2D eigenvalue weighted by molar-refractivity contribution is -0.148. The normalized spacial score (nSPS) is 14.7.